The van der Waals surface area contributed by atoms with Gasteiger partial charge in [-0.15, -0.1) is 0 Å². The molecule has 0 radical (unpaired) electrons. The van der Waals surface area contributed by atoms with E-state index in [1.54, 1.807) is 19.2 Å². The van der Waals surface area contributed by atoms with Gasteiger partial charge in [-0.05, 0) is 49.4 Å². The highest BCUT2D eigenvalue weighted by Gasteiger charge is 2.25. The second-order valence-corrected chi connectivity index (χ2v) is 10.4. The topological polar surface area (TPSA) is 73.8 Å². The molecule has 6 nitrogen and oxygen atoms in total. The first-order valence-electron chi connectivity index (χ1n) is 10.9. The summed E-state index contributed by atoms with van der Waals surface area (Å²) in [6.07, 6.45) is 4.20. The van der Waals surface area contributed by atoms with Crippen molar-refractivity contribution in [2.45, 2.75) is 49.7 Å². The molecule has 2 aromatic rings. The first-order valence-corrected chi connectivity index (χ1v) is 12.8. The fourth-order valence-corrected chi connectivity index (χ4v) is 4.65. The lowest BCUT2D eigenvalue weighted by Crippen LogP contribution is -2.51. The van der Waals surface area contributed by atoms with Crippen LogP contribution in [0.3, 0.4) is 0 Å². The fraction of sp³-hybridized carbons (Fsp3) is 0.458. The average Bonchev–Trinajstić information content (AvgIpc) is 2.75. The van der Waals surface area contributed by atoms with Crippen LogP contribution in [0.5, 0.6) is 0 Å². The summed E-state index contributed by atoms with van der Waals surface area (Å²) in [5.41, 5.74) is 2.46. The number of rotatable bonds is 7. The van der Waals surface area contributed by atoms with E-state index in [2.05, 4.69) is 57.8 Å². The molecule has 0 saturated carbocycles. The molecule has 0 spiro atoms. The highest BCUT2D eigenvalue weighted by molar-refractivity contribution is 7.90. The first-order chi connectivity index (χ1) is 14.8. The van der Waals surface area contributed by atoms with Crippen LogP contribution in [-0.2, 0) is 22.8 Å². The van der Waals surface area contributed by atoms with E-state index in [0.717, 1.165) is 50.4 Å². The smallest absolute Gasteiger partial charge is 0.191 e. The van der Waals surface area contributed by atoms with E-state index < -0.39 is 9.84 Å². The summed E-state index contributed by atoms with van der Waals surface area (Å²) in [5.74, 6) is 0.821. The van der Waals surface area contributed by atoms with Gasteiger partial charge in [-0.1, -0.05) is 42.5 Å². The molecule has 1 aliphatic rings. The maximum atomic E-state index is 11.6. The molecule has 0 aromatic heterocycles. The Hall–Kier alpha value is -2.38. The predicted octanol–water partition coefficient (Wildman–Crippen LogP) is 2.85. The van der Waals surface area contributed by atoms with Crippen molar-refractivity contribution in [3.05, 3.63) is 65.7 Å². The van der Waals surface area contributed by atoms with Gasteiger partial charge in [-0.25, -0.2) is 8.42 Å². The zero-order valence-corrected chi connectivity index (χ0v) is 19.5. The van der Waals surface area contributed by atoms with E-state index in [0.29, 0.717) is 17.0 Å². The van der Waals surface area contributed by atoms with Gasteiger partial charge in [0.1, 0.15) is 0 Å². The second kappa shape index (κ2) is 10.8. The molecule has 0 aliphatic carbocycles. The van der Waals surface area contributed by atoms with Crippen molar-refractivity contribution in [1.29, 1.82) is 0 Å². The quantitative estimate of drug-likeness (QED) is 0.510. The van der Waals surface area contributed by atoms with E-state index in [1.165, 1.54) is 11.8 Å². The van der Waals surface area contributed by atoms with E-state index in [-0.39, 0.29) is 0 Å². The SMILES string of the molecule is CN=C(NCCc1ccc(S(C)(=O)=O)cc1)NC1CCN(Cc2ccccc2)C(C)C1. The predicted molar refractivity (Wildman–Crippen MR) is 127 cm³/mol. The van der Waals surface area contributed by atoms with Crippen LogP contribution in [0.4, 0.5) is 0 Å². The zero-order valence-electron chi connectivity index (χ0n) is 18.7. The minimum absolute atomic E-state index is 0.356. The second-order valence-electron chi connectivity index (χ2n) is 8.34. The molecular weight excluding hydrogens is 408 g/mol. The van der Waals surface area contributed by atoms with Crippen LogP contribution in [0.1, 0.15) is 30.9 Å². The zero-order chi connectivity index (χ0) is 22.3. The van der Waals surface area contributed by atoms with Crippen LogP contribution < -0.4 is 10.6 Å². The summed E-state index contributed by atoms with van der Waals surface area (Å²) in [5, 5.41) is 6.95. The molecule has 1 aliphatic heterocycles. The van der Waals surface area contributed by atoms with Crippen molar-refractivity contribution < 1.29 is 8.42 Å². The van der Waals surface area contributed by atoms with Crippen molar-refractivity contribution in [1.82, 2.24) is 15.5 Å². The van der Waals surface area contributed by atoms with Gasteiger partial charge in [-0.2, -0.15) is 0 Å². The molecule has 0 amide bonds. The molecule has 1 heterocycles. The summed E-state index contributed by atoms with van der Waals surface area (Å²) >= 11 is 0. The number of hydrogen-bond acceptors (Lipinski definition) is 4. The van der Waals surface area contributed by atoms with E-state index in [1.807, 2.05) is 12.1 Å². The monoisotopic (exact) mass is 442 g/mol. The molecule has 3 rings (SSSR count). The number of nitrogens with one attached hydrogen (secondary N) is 2. The maximum Gasteiger partial charge on any atom is 0.191 e. The molecule has 168 valence electrons. The van der Waals surface area contributed by atoms with Crippen LogP contribution in [-0.4, -0.2) is 57.8 Å². The van der Waals surface area contributed by atoms with E-state index in [4.69, 9.17) is 0 Å². The number of guanidine groups is 1. The molecule has 2 aromatic carbocycles. The molecule has 31 heavy (non-hydrogen) atoms. The first kappa shape index (κ1) is 23.3. The van der Waals surface area contributed by atoms with Gasteiger partial charge in [0.05, 0.1) is 4.90 Å². The summed E-state index contributed by atoms with van der Waals surface area (Å²) in [7, 11) is -1.35. The third-order valence-corrected chi connectivity index (χ3v) is 6.99. The van der Waals surface area contributed by atoms with Crippen LogP contribution in [0.25, 0.3) is 0 Å². The lowest BCUT2D eigenvalue weighted by Gasteiger charge is -2.38. The average molecular weight is 443 g/mol. The van der Waals surface area contributed by atoms with Crippen LogP contribution in [0, 0.1) is 0 Å². The van der Waals surface area contributed by atoms with Gasteiger partial charge >= 0.3 is 0 Å². The van der Waals surface area contributed by atoms with Gasteiger partial charge in [-0.3, -0.25) is 9.89 Å². The minimum Gasteiger partial charge on any atom is -0.356 e. The standard InChI is InChI=1S/C24H34N4O2S/c1-19-17-22(14-16-28(19)18-21-7-5-4-6-8-21)27-24(25-2)26-15-13-20-9-11-23(12-10-20)31(3,29)30/h4-12,19,22H,13-18H2,1-3H3,(H2,25,26,27). The summed E-state index contributed by atoms with van der Waals surface area (Å²) in [6, 6.07) is 18.6. The molecule has 1 fully saturated rings. The number of hydrogen-bond donors (Lipinski definition) is 2. The number of piperidine rings is 1. The summed E-state index contributed by atoms with van der Waals surface area (Å²) in [4.78, 5) is 7.27. The Morgan fingerprint density at radius 1 is 1.10 bits per heavy atom. The summed E-state index contributed by atoms with van der Waals surface area (Å²) < 4.78 is 23.1. The van der Waals surface area contributed by atoms with Gasteiger partial charge in [0, 0.05) is 45.0 Å². The molecule has 2 unspecified atom stereocenters. The number of nitrogens with zero attached hydrogens (tertiary/aromatic N) is 2. The Bertz CT molecular complexity index is 959. The largest absolute Gasteiger partial charge is 0.356 e. The van der Waals surface area contributed by atoms with Gasteiger partial charge in [0.15, 0.2) is 15.8 Å². The molecule has 2 atom stereocenters. The number of likely N-dealkylation sites (tertiary alicyclic amines) is 1. The van der Waals surface area contributed by atoms with Crippen molar-refractivity contribution in [2.24, 2.45) is 4.99 Å². The van der Waals surface area contributed by atoms with Gasteiger partial charge < -0.3 is 10.6 Å². The third kappa shape index (κ3) is 7.08. The molecule has 7 heteroatoms. The van der Waals surface area contributed by atoms with Crippen LogP contribution in [0.2, 0.25) is 0 Å². The Labute approximate surface area is 186 Å². The van der Waals surface area contributed by atoms with Crippen molar-refractivity contribution in [2.75, 3.05) is 26.4 Å². The molecule has 1 saturated heterocycles. The Morgan fingerprint density at radius 2 is 1.81 bits per heavy atom. The van der Waals surface area contributed by atoms with Crippen molar-refractivity contribution in [3.63, 3.8) is 0 Å². The highest BCUT2D eigenvalue weighted by Crippen LogP contribution is 2.20. The Balaban J connectivity index is 1.43. The highest BCUT2D eigenvalue weighted by atomic mass is 32.2. The lowest BCUT2D eigenvalue weighted by atomic mass is 9.97. The van der Waals surface area contributed by atoms with E-state index in [9.17, 15) is 8.42 Å². The van der Waals surface area contributed by atoms with E-state index >= 15 is 0 Å². The number of sulfone groups is 1. The Morgan fingerprint density at radius 3 is 2.42 bits per heavy atom. The number of aliphatic imine (C=N–C) groups is 1. The summed E-state index contributed by atoms with van der Waals surface area (Å²) in [6.45, 7) is 5.10. The van der Waals surface area contributed by atoms with Crippen LogP contribution in [0.15, 0.2) is 64.5 Å². The molecular formula is C24H34N4O2S. The Kier molecular flexibility index (Phi) is 8.09. The molecule has 0 bridgehead atoms. The minimum atomic E-state index is -3.15. The van der Waals surface area contributed by atoms with Gasteiger partial charge in [0.2, 0.25) is 0 Å². The number of benzene rings is 2. The fourth-order valence-electron chi connectivity index (χ4n) is 4.02. The van der Waals surface area contributed by atoms with Crippen molar-refractivity contribution in [3.8, 4) is 0 Å². The van der Waals surface area contributed by atoms with Gasteiger partial charge in [0.25, 0.3) is 0 Å². The molecule has 2 N–H and O–H groups in total. The van der Waals surface area contributed by atoms with Crippen LogP contribution >= 0.6 is 0 Å². The van der Waals surface area contributed by atoms with Crippen molar-refractivity contribution >= 4 is 15.8 Å². The normalized spacial score (nSPS) is 20.4. The third-order valence-electron chi connectivity index (χ3n) is 5.86. The lowest BCUT2D eigenvalue weighted by molar-refractivity contribution is 0.134. The maximum absolute atomic E-state index is 11.6.